The monoisotopic (exact) mass is 216 g/mol. The highest BCUT2D eigenvalue weighted by Crippen LogP contribution is 2.36. The first-order valence-corrected chi connectivity index (χ1v) is 6.09. The molecule has 1 N–H and O–H groups in total. The van der Waals surface area contributed by atoms with E-state index in [-0.39, 0.29) is 0 Å². The van der Waals surface area contributed by atoms with Crippen molar-refractivity contribution >= 4 is 5.69 Å². The van der Waals surface area contributed by atoms with Crippen molar-refractivity contribution in [2.45, 2.75) is 38.6 Å². The van der Waals surface area contributed by atoms with Crippen molar-refractivity contribution in [1.82, 2.24) is 4.98 Å². The van der Waals surface area contributed by atoms with Gasteiger partial charge in [-0.15, -0.1) is 6.58 Å². The molecular formula is C14H20N2. The lowest BCUT2D eigenvalue weighted by molar-refractivity contribution is 0.592. The minimum atomic E-state index is 0.600. The van der Waals surface area contributed by atoms with Crippen LogP contribution in [0.5, 0.6) is 0 Å². The van der Waals surface area contributed by atoms with Gasteiger partial charge in [0.05, 0.1) is 11.9 Å². The summed E-state index contributed by atoms with van der Waals surface area (Å²) >= 11 is 0. The maximum atomic E-state index is 4.31. The van der Waals surface area contributed by atoms with Crippen molar-refractivity contribution in [3.63, 3.8) is 0 Å². The van der Waals surface area contributed by atoms with Gasteiger partial charge >= 0.3 is 0 Å². The van der Waals surface area contributed by atoms with Gasteiger partial charge in [-0.3, -0.25) is 4.98 Å². The van der Waals surface area contributed by atoms with Gasteiger partial charge in [0.15, 0.2) is 0 Å². The molecule has 1 unspecified atom stereocenters. The summed E-state index contributed by atoms with van der Waals surface area (Å²) < 4.78 is 0. The van der Waals surface area contributed by atoms with E-state index in [1.165, 1.54) is 19.3 Å². The lowest BCUT2D eigenvalue weighted by atomic mass is 10.1. The van der Waals surface area contributed by atoms with Crippen LogP contribution in [0.1, 0.15) is 31.4 Å². The fourth-order valence-corrected chi connectivity index (χ4v) is 1.99. The van der Waals surface area contributed by atoms with Crippen LogP contribution in [0, 0.1) is 12.8 Å². The number of aryl methyl sites for hydroxylation is 1. The van der Waals surface area contributed by atoms with Gasteiger partial charge in [-0.25, -0.2) is 0 Å². The molecule has 1 aliphatic carbocycles. The Morgan fingerprint density at radius 3 is 2.94 bits per heavy atom. The fourth-order valence-electron chi connectivity index (χ4n) is 1.99. The summed E-state index contributed by atoms with van der Waals surface area (Å²) in [5.74, 6) is 0.862. The highest BCUT2D eigenvalue weighted by molar-refractivity contribution is 5.42. The smallest absolute Gasteiger partial charge is 0.0529 e. The van der Waals surface area contributed by atoms with Crippen molar-refractivity contribution in [3.05, 3.63) is 36.7 Å². The number of nitrogens with zero attached hydrogens (tertiary/aromatic N) is 1. The first kappa shape index (κ1) is 11.2. The number of anilines is 1. The van der Waals surface area contributed by atoms with Crippen LogP contribution in [-0.2, 0) is 0 Å². The number of aromatic nitrogens is 1. The Morgan fingerprint density at radius 2 is 2.38 bits per heavy atom. The molecule has 1 fully saturated rings. The van der Waals surface area contributed by atoms with Crippen molar-refractivity contribution in [1.29, 1.82) is 0 Å². The quantitative estimate of drug-likeness (QED) is 0.736. The second-order valence-corrected chi connectivity index (χ2v) is 4.64. The zero-order valence-electron chi connectivity index (χ0n) is 9.95. The van der Waals surface area contributed by atoms with E-state index >= 15 is 0 Å². The third-order valence-corrected chi connectivity index (χ3v) is 3.14. The topological polar surface area (TPSA) is 24.9 Å². The average molecular weight is 216 g/mol. The molecule has 1 aromatic rings. The molecule has 1 saturated carbocycles. The van der Waals surface area contributed by atoms with Crippen LogP contribution in [-0.4, -0.2) is 11.0 Å². The number of hydrogen-bond donors (Lipinski definition) is 1. The van der Waals surface area contributed by atoms with Gasteiger partial charge < -0.3 is 5.32 Å². The SMILES string of the molecule is C=CCCC(Nc1ccc(C)nc1)C1CC1. The van der Waals surface area contributed by atoms with Crippen LogP contribution < -0.4 is 5.32 Å². The lowest BCUT2D eigenvalue weighted by Crippen LogP contribution is -2.21. The summed E-state index contributed by atoms with van der Waals surface area (Å²) in [5.41, 5.74) is 2.21. The Bertz CT molecular complexity index is 338. The molecule has 86 valence electrons. The molecule has 0 saturated heterocycles. The van der Waals surface area contributed by atoms with Gasteiger partial charge in [-0.1, -0.05) is 6.08 Å². The number of rotatable bonds is 6. The molecule has 0 aliphatic heterocycles. The molecule has 1 heterocycles. The van der Waals surface area contributed by atoms with E-state index < -0.39 is 0 Å². The molecule has 2 nitrogen and oxygen atoms in total. The number of nitrogens with one attached hydrogen (secondary N) is 1. The van der Waals surface area contributed by atoms with E-state index in [0.29, 0.717) is 6.04 Å². The summed E-state index contributed by atoms with van der Waals surface area (Å²) in [6, 6.07) is 4.77. The average Bonchev–Trinajstić information content (AvgIpc) is 3.11. The summed E-state index contributed by atoms with van der Waals surface area (Å²) in [4.78, 5) is 4.31. The molecule has 1 aromatic heterocycles. The molecule has 0 bridgehead atoms. The molecule has 1 atom stereocenters. The Balaban J connectivity index is 1.93. The molecule has 0 spiro atoms. The molecule has 1 aliphatic rings. The van der Waals surface area contributed by atoms with E-state index in [0.717, 1.165) is 23.7 Å². The minimum Gasteiger partial charge on any atom is -0.381 e. The van der Waals surface area contributed by atoms with Crippen molar-refractivity contribution in [2.75, 3.05) is 5.32 Å². The maximum Gasteiger partial charge on any atom is 0.0529 e. The largest absolute Gasteiger partial charge is 0.381 e. The minimum absolute atomic E-state index is 0.600. The molecule has 2 rings (SSSR count). The van der Waals surface area contributed by atoms with Gasteiger partial charge in [-0.2, -0.15) is 0 Å². The highest BCUT2D eigenvalue weighted by atomic mass is 14.9. The standard InChI is InChI=1S/C14H20N2/c1-3-4-5-14(12-7-8-12)16-13-9-6-11(2)15-10-13/h3,6,9-10,12,14,16H,1,4-5,7-8H2,2H3. The predicted molar refractivity (Wildman–Crippen MR) is 68.5 cm³/mol. The number of pyridine rings is 1. The highest BCUT2D eigenvalue weighted by Gasteiger charge is 2.30. The Hall–Kier alpha value is -1.31. The second kappa shape index (κ2) is 5.15. The zero-order valence-corrected chi connectivity index (χ0v) is 9.95. The van der Waals surface area contributed by atoms with E-state index in [9.17, 15) is 0 Å². The molecule has 0 radical (unpaired) electrons. The summed E-state index contributed by atoms with van der Waals surface area (Å²) in [7, 11) is 0. The Labute approximate surface area is 97.8 Å². The van der Waals surface area contributed by atoms with Crippen LogP contribution in [0.4, 0.5) is 5.69 Å². The molecule has 2 heteroatoms. The van der Waals surface area contributed by atoms with E-state index in [2.05, 4.69) is 29.0 Å². The van der Waals surface area contributed by atoms with Crippen molar-refractivity contribution in [2.24, 2.45) is 5.92 Å². The van der Waals surface area contributed by atoms with Crippen LogP contribution >= 0.6 is 0 Å². The fraction of sp³-hybridized carbons (Fsp3) is 0.500. The Kier molecular flexibility index (Phi) is 3.60. The van der Waals surface area contributed by atoms with E-state index in [4.69, 9.17) is 0 Å². The molecule has 0 aromatic carbocycles. The zero-order chi connectivity index (χ0) is 11.4. The summed E-state index contributed by atoms with van der Waals surface area (Å²) in [5, 5.41) is 3.59. The van der Waals surface area contributed by atoms with Gasteiger partial charge in [0.2, 0.25) is 0 Å². The van der Waals surface area contributed by atoms with Crippen LogP contribution in [0.2, 0.25) is 0 Å². The van der Waals surface area contributed by atoms with Crippen LogP contribution in [0.15, 0.2) is 31.0 Å². The first-order chi connectivity index (χ1) is 7.79. The maximum absolute atomic E-state index is 4.31. The normalized spacial score (nSPS) is 16.8. The third-order valence-electron chi connectivity index (χ3n) is 3.14. The van der Waals surface area contributed by atoms with Crippen LogP contribution in [0.3, 0.4) is 0 Å². The third kappa shape index (κ3) is 3.09. The van der Waals surface area contributed by atoms with Gasteiger partial charge in [-0.05, 0) is 50.7 Å². The summed E-state index contributed by atoms with van der Waals surface area (Å²) in [6.45, 7) is 5.80. The van der Waals surface area contributed by atoms with Gasteiger partial charge in [0.25, 0.3) is 0 Å². The first-order valence-electron chi connectivity index (χ1n) is 6.09. The molecule has 0 amide bonds. The van der Waals surface area contributed by atoms with Gasteiger partial charge in [0, 0.05) is 11.7 Å². The van der Waals surface area contributed by atoms with Crippen molar-refractivity contribution in [3.8, 4) is 0 Å². The number of hydrogen-bond acceptors (Lipinski definition) is 2. The van der Waals surface area contributed by atoms with E-state index in [1.54, 1.807) is 0 Å². The number of allylic oxidation sites excluding steroid dienone is 1. The molecule has 16 heavy (non-hydrogen) atoms. The molecular weight excluding hydrogens is 196 g/mol. The Morgan fingerprint density at radius 1 is 1.56 bits per heavy atom. The van der Waals surface area contributed by atoms with Crippen LogP contribution in [0.25, 0.3) is 0 Å². The summed E-state index contributed by atoms with van der Waals surface area (Å²) in [6.07, 6.45) is 8.95. The lowest BCUT2D eigenvalue weighted by Gasteiger charge is -2.18. The van der Waals surface area contributed by atoms with E-state index in [1.807, 2.05) is 19.2 Å². The van der Waals surface area contributed by atoms with Crippen molar-refractivity contribution < 1.29 is 0 Å². The van der Waals surface area contributed by atoms with Gasteiger partial charge in [0.1, 0.15) is 0 Å². The second-order valence-electron chi connectivity index (χ2n) is 4.64. The predicted octanol–water partition coefficient (Wildman–Crippen LogP) is 3.55.